The van der Waals surface area contributed by atoms with Crippen LogP contribution in [0.4, 0.5) is 0 Å². The Bertz CT molecular complexity index is 542. The molecule has 27 heavy (non-hydrogen) atoms. The quantitative estimate of drug-likeness (QED) is 0.303. The molecule has 1 N–H and O–H groups in total. The zero-order valence-electron chi connectivity index (χ0n) is 17.0. The summed E-state index contributed by atoms with van der Waals surface area (Å²) in [6.45, 7) is 3.83. The van der Waals surface area contributed by atoms with Crippen LogP contribution in [-0.2, 0) is 13.1 Å². The predicted molar refractivity (Wildman–Crippen MR) is 115 cm³/mol. The van der Waals surface area contributed by atoms with Crippen molar-refractivity contribution in [2.75, 3.05) is 0 Å². The zero-order chi connectivity index (χ0) is 19.2. The number of benzene rings is 2. The van der Waals surface area contributed by atoms with E-state index in [0.29, 0.717) is 0 Å². The molecule has 0 heterocycles. The highest BCUT2D eigenvalue weighted by atomic mass is 16.3. The molecule has 1 atom stereocenters. The first kappa shape index (κ1) is 21.7. The van der Waals surface area contributed by atoms with Crippen molar-refractivity contribution >= 4 is 0 Å². The third kappa shape index (κ3) is 9.21. The Morgan fingerprint density at radius 1 is 0.667 bits per heavy atom. The Balaban J connectivity index is 1.79. The van der Waals surface area contributed by atoms with Gasteiger partial charge in [-0.25, -0.2) is 0 Å². The van der Waals surface area contributed by atoms with E-state index in [4.69, 9.17) is 0 Å². The fourth-order valence-corrected chi connectivity index (χ4v) is 3.55. The summed E-state index contributed by atoms with van der Waals surface area (Å²) < 4.78 is 0. The molecule has 0 radical (unpaired) electrons. The van der Waals surface area contributed by atoms with Crippen molar-refractivity contribution in [1.82, 2.24) is 4.90 Å². The van der Waals surface area contributed by atoms with E-state index in [9.17, 15) is 5.11 Å². The molecule has 0 saturated carbocycles. The van der Waals surface area contributed by atoms with Crippen LogP contribution in [0.3, 0.4) is 0 Å². The summed E-state index contributed by atoms with van der Waals surface area (Å²) in [5, 5.41) is 10.8. The lowest BCUT2D eigenvalue weighted by atomic mass is 10.1. The van der Waals surface area contributed by atoms with Crippen molar-refractivity contribution in [2.45, 2.75) is 84.0 Å². The van der Waals surface area contributed by atoms with Gasteiger partial charge in [-0.2, -0.15) is 0 Å². The molecule has 0 aliphatic heterocycles. The van der Waals surface area contributed by atoms with Crippen molar-refractivity contribution in [2.24, 2.45) is 0 Å². The zero-order valence-corrected chi connectivity index (χ0v) is 17.0. The summed E-state index contributed by atoms with van der Waals surface area (Å²) in [4.78, 5) is 2.20. The minimum atomic E-state index is -0.384. The van der Waals surface area contributed by atoms with E-state index >= 15 is 0 Å². The highest BCUT2D eigenvalue weighted by Gasteiger charge is 2.16. The Kier molecular flexibility index (Phi) is 10.8. The molecule has 2 aromatic rings. The molecule has 0 bridgehead atoms. The average molecular weight is 368 g/mol. The van der Waals surface area contributed by atoms with Crippen LogP contribution >= 0.6 is 0 Å². The maximum Gasteiger partial charge on any atom is 0.107 e. The molecule has 0 aromatic heterocycles. The van der Waals surface area contributed by atoms with E-state index in [2.05, 4.69) is 60.4 Å². The molecule has 2 aromatic carbocycles. The van der Waals surface area contributed by atoms with Crippen LogP contribution in [0, 0.1) is 0 Å². The molecular weight excluding hydrogens is 330 g/mol. The van der Waals surface area contributed by atoms with Crippen LogP contribution < -0.4 is 0 Å². The topological polar surface area (TPSA) is 23.5 Å². The van der Waals surface area contributed by atoms with Crippen molar-refractivity contribution in [3.05, 3.63) is 71.8 Å². The minimum Gasteiger partial charge on any atom is -0.378 e. The third-order valence-electron chi connectivity index (χ3n) is 5.19. The van der Waals surface area contributed by atoms with Gasteiger partial charge in [0.15, 0.2) is 0 Å². The first-order valence-electron chi connectivity index (χ1n) is 10.8. The molecule has 0 fully saturated rings. The number of rotatable bonds is 14. The van der Waals surface area contributed by atoms with Gasteiger partial charge in [0.25, 0.3) is 0 Å². The van der Waals surface area contributed by atoms with Gasteiger partial charge < -0.3 is 5.11 Å². The average Bonchev–Trinajstić information content (AvgIpc) is 2.71. The first-order valence-corrected chi connectivity index (χ1v) is 10.8. The molecule has 0 spiro atoms. The lowest BCUT2D eigenvalue weighted by Gasteiger charge is -2.28. The smallest absolute Gasteiger partial charge is 0.107 e. The molecule has 0 amide bonds. The van der Waals surface area contributed by atoms with Gasteiger partial charge in [-0.05, 0) is 24.0 Å². The van der Waals surface area contributed by atoms with Crippen molar-refractivity contribution in [3.8, 4) is 0 Å². The molecule has 2 heteroatoms. The fraction of sp³-hybridized carbons (Fsp3) is 0.520. The van der Waals surface area contributed by atoms with Gasteiger partial charge in [-0.15, -0.1) is 0 Å². The molecule has 0 aliphatic rings. The van der Waals surface area contributed by atoms with E-state index in [1.165, 1.54) is 56.1 Å². The second-order valence-electron chi connectivity index (χ2n) is 7.62. The minimum absolute atomic E-state index is 0.384. The van der Waals surface area contributed by atoms with Gasteiger partial charge in [0, 0.05) is 13.1 Å². The monoisotopic (exact) mass is 367 g/mol. The van der Waals surface area contributed by atoms with Crippen molar-refractivity contribution in [1.29, 1.82) is 0 Å². The van der Waals surface area contributed by atoms with E-state index in [0.717, 1.165) is 25.9 Å². The Labute approximate surface area is 166 Å². The van der Waals surface area contributed by atoms with Crippen molar-refractivity contribution in [3.63, 3.8) is 0 Å². The molecule has 2 nitrogen and oxygen atoms in total. The number of hydrogen-bond acceptors (Lipinski definition) is 2. The van der Waals surface area contributed by atoms with Crippen LogP contribution in [-0.4, -0.2) is 16.2 Å². The highest BCUT2D eigenvalue weighted by molar-refractivity contribution is 5.17. The summed E-state index contributed by atoms with van der Waals surface area (Å²) in [7, 11) is 0. The molecular formula is C25H37NO. The lowest BCUT2D eigenvalue weighted by Crippen LogP contribution is -2.34. The van der Waals surface area contributed by atoms with Crippen LogP contribution in [0.5, 0.6) is 0 Å². The third-order valence-corrected chi connectivity index (χ3v) is 5.19. The number of aliphatic hydroxyl groups is 1. The summed E-state index contributed by atoms with van der Waals surface area (Å²) in [6, 6.07) is 20.9. The normalized spacial score (nSPS) is 12.4. The number of unbranched alkanes of at least 4 members (excludes halogenated alkanes) is 7. The maximum atomic E-state index is 10.8. The van der Waals surface area contributed by atoms with Crippen LogP contribution in [0.15, 0.2) is 60.7 Å². The van der Waals surface area contributed by atoms with E-state index in [1.54, 1.807) is 0 Å². The van der Waals surface area contributed by atoms with Gasteiger partial charge in [0.1, 0.15) is 6.23 Å². The summed E-state index contributed by atoms with van der Waals surface area (Å²) >= 11 is 0. The predicted octanol–water partition coefficient (Wildman–Crippen LogP) is 6.54. The lowest BCUT2D eigenvalue weighted by molar-refractivity contribution is -0.0158. The molecule has 1 unspecified atom stereocenters. The van der Waals surface area contributed by atoms with Gasteiger partial charge in [0.2, 0.25) is 0 Å². The van der Waals surface area contributed by atoms with Gasteiger partial charge in [-0.1, -0.05) is 113 Å². The number of aliphatic hydroxyl groups excluding tert-OH is 1. The molecule has 148 valence electrons. The Morgan fingerprint density at radius 3 is 1.59 bits per heavy atom. The summed E-state index contributed by atoms with van der Waals surface area (Å²) in [5.41, 5.74) is 2.51. The van der Waals surface area contributed by atoms with Crippen molar-refractivity contribution < 1.29 is 5.11 Å². The highest BCUT2D eigenvalue weighted by Crippen LogP contribution is 2.17. The van der Waals surface area contributed by atoms with Gasteiger partial charge in [-0.3, -0.25) is 4.90 Å². The number of nitrogens with zero attached hydrogens (tertiary/aromatic N) is 1. The van der Waals surface area contributed by atoms with Gasteiger partial charge >= 0.3 is 0 Å². The second kappa shape index (κ2) is 13.5. The fourth-order valence-electron chi connectivity index (χ4n) is 3.55. The van der Waals surface area contributed by atoms with E-state index in [1.807, 2.05) is 12.1 Å². The SMILES string of the molecule is CCCCCCCCCCC(O)N(Cc1ccccc1)Cc1ccccc1. The largest absolute Gasteiger partial charge is 0.378 e. The maximum absolute atomic E-state index is 10.8. The Morgan fingerprint density at radius 2 is 1.11 bits per heavy atom. The number of hydrogen-bond donors (Lipinski definition) is 1. The first-order chi connectivity index (χ1) is 13.3. The molecule has 0 aliphatic carbocycles. The summed E-state index contributed by atoms with van der Waals surface area (Å²) in [6.07, 6.45) is 10.9. The second-order valence-corrected chi connectivity index (χ2v) is 7.62. The molecule has 0 saturated heterocycles. The van der Waals surface area contributed by atoms with E-state index in [-0.39, 0.29) is 6.23 Å². The Hall–Kier alpha value is -1.64. The van der Waals surface area contributed by atoms with Crippen LogP contribution in [0.25, 0.3) is 0 Å². The summed E-state index contributed by atoms with van der Waals surface area (Å²) in [5.74, 6) is 0. The van der Waals surface area contributed by atoms with Crippen LogP contribution in [0.2, 0.25) is 0 Å². The van der Waals surface area contributed by atoms with E-state index < -0.39 is 0 Å². The van der Waals surface area contributed by atoms with Crippen LogP contribution in [0.1, 0.15) is 75.8 Å². The van der Waals surface area contributed by atoms with Gasteiger partial charge in [0.05, 0.1) is 0 Å². The standard InChI is InChI=1S/C25H37NO/c1-2-3-4-5-6-7-8-15-20-25(27)26(21-23-16-11-9-12-17-23)22-24-18-13-10-14-19-24/h9-14,16-19,25,27H,2-8,15,20-22H2,1H3. The molecule has 2 rings (SSSR count).